The largest absolute Gasteiger partial charge is 0.467 e. The number of ether oxygens (including phenoxy) is 1. The van der Waals surface area contributed by atoms with E-state index in [0.717, 1.165) is 7.11 Å². The fourth-order valence-electron chi connectivity index (χ4n) is 1.52. The highest BCUT2D eigenvalue weighted by molar-refractivity contribution is 6.10. The molecule has 1 aliphatic rings. The molecule has 0 saturated heterocycles. The van der Waals surface area contributed by atoms with Crippen LogP contribution in [0.1, 0.15) is 13.3 Å². The van der Waals surface area contributed by atoms with Gasteiger partial charge in [-0.15, -0.1) is 0 Å². The molecule has 0 aromatic heterocycles. The summed E-state index contributed by atoms with van der Waals surface area (Å²) in [6.07, 6.45) is 2.34. The van der Waals surface area contributed by atoms with Crippen molar-refractivity contribution in [3.05, 3.63) is 12.2 Å². The highest BCUT2D eigenvalue weighted by Gasteiger charge is 2.42. The van der Waals surface area contributed by atoms with Crippen LogP contribution in [0.4, 0.5) is 0 Å². The fraction of sp³-hybridized carbons (Fsp3) is 0.500. The molecule has 0 saturated carbocycles. The zero-order chi connectivity index (χ0) is 11.6. The van der Waals surface area contributed by atoms with Gasteiger partial charge in [0, 0.05) is 12.1 Å². The van der Waals surface area contributed by atoms with Crippen LogP contribution in [0, 0.1) is 11.3 Å². The van der Waals surface area contributed by atoms with Crippen molar-refractivity contribution in [1.29, 1.82) is 5.41 Å². The maximum Gasteiger partial charge on any atom is 0.341 e. The van der Waals surface area contributed by atoms with Crippen molar-refractivity contribution < 1.29 is 19.4 Å². The molecule has 0 radical (unpaired) electrons. The molecule has 15 heavy (non-hydrogen) atoms. The second kappa shape index (κ2) is 3.94. The monoisotopic (exact) mass is 211 g/mol. The van der Waals surface area contributed by atoms with Gasteiger partial charge in [-0.3, -0.25) is 4.79 Å². The van der Waals surface area contributed by atoms with Crippen LogP contribution < -0.4 is 0 Å². The first-order valence-electron chi connectivity index (χ1n) is 4.49. The van der Waals surface area contributed by atoms with Crippen LogP contribution >= 0.6 is 0 Å². The van der Waals surface area contributed by atoms with Gasteiger partial charge in [-0.25, -0.2) is 4.79 Å². The molecule has 0 aliphatic heterocycles. The zero-order valence-corrected chi connectivity index (χ0v) is 8.61. The lowest BCUT2D eigenvalue weighted by molar-refractivity contribution is -0.158. The molecular formula is C10H13NO4. The topological polar surface area (TPSA) is 87.4 Å². The molecule has 2 atom stereocenters. The Morgan fingerprint density at radius 2 is 2.27 bits per heavy atom. The second-order valence-electron chi connectivity index (χ2n) is 3.57. The SMILES string of the molecule is COC(=O)C1(O)C=CC(=N)C(C(C)=O)C1. The van der Waals surface area contributed by atoms with E-state index in [4.69, 9.17) is 5.41 Å². The van der Waals surface area contributed by atoms with E-state index in [9.17, 15) is 14.7 Å². The molecule has 5 heteroatoms. The van der Waals surface area contributed by atoms with Crippen LogP contribution in [0.25, 0.3) is 0 Å². The third-order valence-electron chi connectivity index (χ3n) is 2.46. The average molecular weight is 211 g/mol. The number of carbonyl (C=O) groups is 2. The summed E-state index contributed by atoms with van der Waals surface area (Å²) in [7, 11) is 1.16. The summed E-state index contributed by atoms with van der Waals surface area (Å²) in [5, 5.41) is 17.3. The molecular weight excluding hydrogens is 198 g/mol. The van der Waals surface area contributed by atoms with E-state index >= 15 is 0 Å². The Kier molecular flexibility index (Phi) is 3.04. The van der Waals surface area contributed by atoms with Gasteiger partial charge in [0.05, 0.1) is 13.0 Å². The number of hydrogen-bond donors (Lipinski definition) is 2. The molecule has 5 nitrogen and oxygen atoms in total. The number of carbonyl (C=O) groups excluding carboxylic acids is 2. The molecule has 0 fully saturated rings. The molecule has 0 amide bonds. The van der Waals surface area contributed by atoms with Gasteiger partial charge in [-0.1, -0.05) is 0 Å². The molecule has 1 rings (SSSR count). The minimum atomic E-state index is -1.78. The van der Waals surface area contributed by atoms with Crippen LogP contribution in [0.2, 0.25) is 0 Å². The smallest absolute Gasteiger partial charge is 0.341 e. The van der Waals surface area contributed by atoms with Gasteiger partial charge in [-0.05, 0) is 19.1 Å². The van der Waals surface area contributed by atoms with Gasteiger partial charge in [0.25, 0.3) is 0 Å². The summed E-state index contributed by atoms with van der Waals surface area (Å²) in [4.78, 5) is 22.4. The summed E-state index contributed by atoms with van der Waals surface area (Å²) in [5.74, 6) is -1.79. The summed E-state index contributed by atoms with van der Waals surface area (Å²) in [6, 6.07) is 0. The first-order valence-corrected chi connectivity index (χ1v) is 4.49. The predicted molar refractivity (Wildman–Crippen MR) is 52.6 cm³/mol. The van der Waals surface area contributed by atoms with Gasteiger partial charge in [0.15, 0.2) is 5.60 Å². The number of rotatable bonds is 2. The van der Waals surface area contributed by atoms with E-state index in [1.165, 1.54) is 19.1 Å². The summed E-state index contributed by atoms with van der Waals surface area (Å²) in [6.45, 7) is 1.33. The third kappa shape index (κ3) is 2.12. The van der Waals surface area contributed by atoms with Crippen molar-refractivity contribution in [2.45, 2.75) is 18.9 Å². The lowest BCUT2D eigenvalue weighted by Crippen LogP contribution is -2.44. The number of methoxy groups -OCH3 is 1. The first kappa shape index (κ1) is 11.6. The van der Waals surface area contributed by atoms with Crippen LogP contribution in [-0.2, 0) is 14.3 Å². The lowest BCUT2D eigenvalue weighted by atomic mass is 9.80. The van der Waals surface area contributed by atoms with Crippen LogP contribution in [0.5, 0.6) is 0 Å². The van der Waals surface area contributed by atoms with Crippen molar-refractivity contribution in [1.82, 2.24) is 0 Å². The van der Waals surface area contributed by atoms with E-state index < -0.39 is 17.5 Å². The van der Waals surface area contributed by atoms with Crippen molar-refractivity contribution >= 4 is 17.5 Å². The standard InChI is InChI=1S/C10H13NO4/c1-6(12)7-5-10(14,9(13)15-2)4-3-8(7)11/h3-4,7,11,14H,5H2,1-2H3. The Labute approximate surface area is 87.2 Å². The predicted octanol–water partition coefficient (Wildman–Crippen LogP) is 0.0754. The Morgan fingerprint density at radius 3 is 2.73 bits per heavy atom. The Morgan fingerprint density at radius 1 is 1.67 bits per heavy atom. The highest BCUT2D eigenvalue weighted by Crippen LogP contribution is 2.26. The molecule has 82 valence electrons. The van der Waals surface area contributed by atoms with Gasteiger partial charge in [-0.2, -0.15) is 0 Å². The molecule has 0 aromatic carbocycles. The lowest BCUT2D eigenvalue weighted by Gasteiger charge is -2.29. The van der Waals surface area contributed by atoms with Crippen molar-refractivity contribution in [3.63, 3.8) is 0 Å². The molecule has 2 unspecified atom stereocenters. The number of Topliss-reactive ketones (excluding diaryl/α,β-unsaturated/α-hetero) is 1. The van der Waals surface area contributed by atoms with Crippen molar-refractivity contribution in [2.75, 3.05) is 7.11 Å². The van der Waals surface area contributed by atoms with Crippen LogP contribution in [0.3, 0.4) is 0 Å². The fourth-order valence-corrected chi connectivity index (χ4v) is 1.52. The van der Waals surface area contributed by atoms with E-state index in [-0.39, 0.29) is 17.9 Å². The number of hydrogen-bond acceptors (Lipinski definition) is 5. The van der Waals surface area contributed by atoms with Crippen LogP contribution in [-0.4, -0.2) is 35.3 Å². The van der Waals surface area contributed by atoms with Crippen molar-refractivity contribution in [2.24, 2.45) is 5.92 Å². The normalized spacial score (nSPS) is 30.1. The summed E-state index contributed by atoms with van der Waals surface area (Å²) >= 11 is 0. The van der Waals surface area contributed by atoms with Crippen molar-refractivity contribution in [3.8, 4) is 0 Å². The number of nitrogens with one attached hydrogen (secondary N) is 1. The molecule has 0 aromatic rings. The second-order valence-corrected chi connectivity index (χ2v) is 3.57. The van der Waals surface area contributed by atoms with Crippen LogP contribution in [0.15, 0.2) is 12.2 Å². The Hall–Kier alpha value is -1.49. The number of esters is 1. The first-order chi connectivity index (χ1) is 6.90. The van der Waals surface area contributed by atoms with Gasteiger partial charge in [0.1, 0.15) is 5.78 Å². The minimum absolute atomic E-state index is 0.107. The maximum atomic E-state index is 11.3. The molecule has 1 aliphatic carbocycles. The van der Waals surface area contributed by atoms with E-state index in [0.29, 0.717) is 0 Å². The average Bonchev–Trinajstić information content (AvgIpc) is 2.20. The Bertz CT molecular complexity index is 347. The van der Waals surface area contributed by atoms with E-state index in [1.807, 2.05) is 0 Å². The van der Waals surface area contributed by atoms with E-state index in [2.05, 4.69) is 4.74 Å². The number of aliphatic hydroxyl groups is 1. The quantitative estimate of drug-likeness (QED) is 0.633. The van der Waals surface area contributed by atoms with Gasteiger partial charge in [0.2, 0.25) is 0 Å². The summed E-state index contributed by atoms with van der Waals surface area (Å²) in [5.41, 5.74) is -1.67. The number of ketones is 1. The minimum Gasteiger partial charge on any atom is -0.467 e. The van der Waals surface area contributed by atoms with Gasteiger partial charge < -0.3 is 15.3 Å². The maximum absolute atomic E-state index is 11.3. The van der Waals surface area contributed by atoms with E-state index in [1.54, 1.807) is 0 Å². The zero-order valence-electron chi connectivity index (χ0n) is 8.61. The third-order valence-corrected chi connectivity index (χ3v) is 2.46. The molecule has 0 bridgehead atoms. The molecule has 2 N–H and O–H groups in total. The Balaban J connectivity index is 2.99. The highest BCUT2D eigenvalue weighted by atomic mass is 16.5. The van der Waals surface area contributed by atoms with Gasteiger partial charge >= 0.3 is 5.97 Å². The summed E-state index contributed by atoms with van der Waals surface area (Å²) < 4.78 is 4.43. The molecule has 0 heterocycles. The molecule has 0 spiro atoms. The number of allylic oxidation sites excluding steroid dienone is 1.